The second-order valence-electron chi connectivity index (χ2n) is 5.83. The van der Waals surface area contributed by atoms with E-state index < -0.39 is 0 Å². The van der Waals surface area contributed by atoms with Crippen LogP contribution >= 0.6 is 0 Å². The third-order valence-electron chi connectivity index (χ3n) is 4.16. The van der Waals surface area contributed by atoms with Gasteiger partial charge in [0.15, 0.2) is 0 Å². The topological polar surface area (TPSA) is 36.4 Å². The van der Waals surface area contributed by atoms with Crippen LogP contribution in [0.3, 0.4) is 0 Å². The summed E-state index contributed by atoms with van der Waals surface area (Å²) in [5.41, 5.74) is 2.35. The zero-order valence-electron chi connectivity index (χ0n) is 13.6. The second kappa shape index (κ2) is 8.27. The van der Waals surface area contributed by atoms with Crippen molar-refractivity contribution in [1.29, 1.82) is 0 Å². The molecule has 122 valence electrons. The van der Waals surface area contributed by atoms with E-state index >= 15 is 0 Å². The lowest BCUT2D eigenvalue weighted by molar-refractivity contribution is 0.155. The van der Waals surface area contributed by atoms with Crippen LogP contribution in [-0.4, -0.2) is 33.7 Å². The molecule has 1 aromatic heterocycles. The van der Waals surface area contributed by atoms with Crippen LogP contribution in [0.1, 0.15) is 11.1 Å². The number of hydrogen-bond acceptors (Lipinski definition) is 3. The van der Waals surface area contributed by atoms with Crippen LogP contribution in [0.25, 0.3) is 6.08 Å². The van der Waals surface area contributed by atoms with Gasteiger partial charge in [-0.05, 0) is 35.8 Å². The normalized spacial score (nSPS) is 18.2. The Morgan fingerprint density at radius 2 is 1.88 bits per heavy atom. The molecule has 0 bridgehead atoms. The minimum atomic E-state index is 0.0423. The van der Waals surface area contributed by atoms with Gasteiger partial charge in [-0.3, -0.25) is 4.98 Å². The lowest BCUT2D eigenvalue weighted by Crippen LogP contribution is -2.42. The van der Waals surface area contributed by atoms with E-state index in [4.69, 9.17) is 0 Å². The highest BCUT2D eigenvalue weighted by Gasteiger charge is 2.21. The van der Waals surface area contributed by atoms with Crippen LogP contribution in [-0.2, 0) is 6.42 Å². The zero-order valence-corrected chi connectivity index (χ0v) is 13.6. The monoisotopic (exact) mass is 318 g/mol. The highest BCUT2D eigenvalue weighted by atomic mass is 16.3. The Bertz CT molecular complexity index is 707. The van der Waals surface area contributed by atoms with Gasteiger partial charge in [-0.15, -0.1) is 0 Å². The van der Waals surface area contributed by atoms with Crippen LogP contribution in [0.5, 0.6) is 0 Å². The number of hydrogen-bond donors (Lipinski definition) is 1. The van der Waals surface area contributed by atoms with Gasteiger partial charge >= 0.3 is 0 Å². The second-order valence-corrected chi connectivity index (χ2v) is 5.83. The molecule has 1 unspecified atom stereocenters. The maximum Gasteiger partial charge on any atom is 0.0662 e. The van der Waals surface area contributed by atoms with Crippen LogP contribution in [0.4, 0.5) is 0 Å². The number of rotatable bonds is 6. The Morgan fingerprint density at radius 1 is 1.08 bits per heavy atom. The fraction of sp³-hybridized carbons (Fsp3) is 0.190. The van der Waals surface area contributed by atoms with Crippen LogP contribution < -0.4 is 0 Å². The van der Waals surface area contributed by atoms with Crippen molar-refractivity contribution in [2.24, 2.45) is 0 Å². The summed E-state index contributed by atoms with van der Waals surface area (Å²) in [7, 11) is 0. The van der Waals surface area contributed by atoms with Gasteiger partial charge in [0.2, 0.25) is 0 Å². The number of allylic oxidation sites excluding steroid dienone is 2. The van der Waals surface area contributed by atoms with Crippen molar-refractivity contribution in [3.63, 3.8) is 0 Å². The Balaban J connectivity index is 1.74. The van der Waals surface area contributed by atoms with E-state index in [2.05, 4.69) is 52.5 Å². The summed E-state index contributed by atoms with van der Waals surface area (Å²) in [5, 5.41) is 9.91. The maximum absolute atomic E-state index is 9.91. The lowest BCUT2D eigenvalue weighted by atomic mass is 10.0. The van der Waals surface area contributed by atoms with E-state index in [9.17, 15) is 5.11 Å². The summed E-state index contributed by atoms with van der Waals surface area (Å²) in [6, 6.07) is 14.4. The molecular weight excluding hydrogens is 296 g/mol. The van der Waals surface area contributed by atoms with Gasteiger partial charge in [-0.2, -0.15) is 0 Å². The minimum Gasteiger partial charge on any atom is -0.394 e. The van der Waals surface area contributed by atoms with Crippen molar-refractivity contribution in [2.45, 2.75) is 18.5 Å². The first-order valence-electron chi connectivity index (χ1n) is 8.22. The summed E-state index contributed by atoms with van der Waals surface area (Å²) < 4.78 is 0. The van der Waals surface area contributed by atoms with Gasteiger partial charge in [0.1, 0.15) is 0 Å². The van der Waals surface area contributed by atoms with Gasteiger partial charge < -0.3 is 10.0 Å². The molecule has 2 heterocycles. The SMILES string of the molecule is OCC(Cc1ccccc1)N1C=CC=C[C@H]1C=Cc1ccncc1. The van der Waals surface area contributed by atoms with Gasteiger partial charge in [-0.1, -0.05) is 54.6 Å². The Labute approximate surface area is 143 Å². The van der Waals surface area contributed by atoms with Crippen LogP contribution in [0, 0.1) is 0 Å². The molecule has 0 amide bonds. The molecule has 24 heavy (non-hydrogen) atoms. The molecule has 1 N–H and O–H groups in total. The quantitative estimate of drug-likeness (QED) is 0.886. The number of nitrogens with zero attached hydrogens (tertiary/aromatic N) is 2. The smallest absolute Gasteiger partial charge is 0.0662 e. The molecule has 1 aliphatic heterocycles. The third-order valence-corrected chi connectivity index (χ3v) is 4.16. The summed E-state index contributed by atoms with van der Waals surface area (Å²) in [6.07, 6.45) is 16.9. The molecule has 0 fully saturated rings. The standard InChI is InChI=1S/C21H22N2O/c24-17-21(16-19-6-2-1-3-7-19)23-15-5-4-8-20(23)10-9-18-11-13-22-14-12-18/h1-15,20-21,24H,16-17H2/t20-,21?/m0/s1. The van der Waals surface area contributed by atoms with E-state index in [1.807, 2.05) is 36.4 Å². The summed E-state index contributed by atoms with van der Waals surface area (Å²) in [5.74, 6) is 0. The van der Waals surface area contributed by atoms with Gasteiger partial charge in [0.25, 0.3) is 0 Å². The highest BCUT2D eigenvalue weighted by Crippen LogP contribution is 2.18. The van der Waals surface area contributed by atoms with Crippen LogP contribution in [0.2, 0.25) is 0 Å². The number of aliphatic hydroxyl groups is 1. The summed E-state index contributed by atoms with van der Waals surface area (Å²) in [6.45, 7) is 0.118. The zero-order chi connectivity index (χ0) is 16.6. The molecule has 2 atom stereocenters. The number of benzene rings is 1. The fourth-order valence-corrected chi connectivity index (χ4v) is 2.89. The number of aliphatic hydroxyl groups excluding tert-OH is 1. The Morgan fingerprint density at radius 3 is 2.62 bits per heavy atom. The first-order valence-corrected chi connectivity index (χ1v) is 8.22. The maximum atomic E-state index is 9.91. The number of aromatic nitrogens is 1. The number of pyridine rings is 1. The molecule has 1 aromatic carbocycles. The molecule has 0 aliphatic carbocycles. The minimum absolute atomic E-state index is 0.0423. The van der Waals surface area contributed by atoms with Crippen molar-refractivity contribution in [1.82, 2.24) is 9.88 Å². The van der Waals surface area contributed by atoms with E-state index in [-0.39, 0.29) is 18.7 Å². The molecule has 1 aliphatic rings. The van der Waals surface area contributed by atoms with Crippen LogP contribution in [0.15, 0.2) is 85.4 Å². The van der Waals surface area contributed by atoms with Crippen molar-refractivity contribution in [2.75, 3.05) is 6.61 Å². The predicted molar refractivity (Wildman–Crippen MR) is 98.2 cm³/mol. The van der Waals surface area contributed by atoms with E-state index in [1.165, 1.54) is 5.56 Å². The summed E-state index contributed by atoms with van der Waals surface area (Å²) in [4.78, 5) is 6.25. The van der Waals surface area contributed by atoms with Crippen molar-refractivity contribution >= 4 is 6.08 Å². The molecule has 0 radical (unpaired) electrons. The average Bonchev–Trinajstić information content (AvgIpc) is 2.66. The van der Waals surface area contributed by atoms with E-state index in [1.54, 1.807) is 12.4 Å². The predicted octanol–water partition coefficient (Wildman–Crippen LogP) is 3.45. The molecule has 0 saturated heterocycles. The first kappa shape index (κ1) is 16.2. The molecule has 2 aromatic rings. The van der Waals surface area contributed by atoms with Gasteiger partial charge in [0.05, 0.1) is 18.7 Å². The Kier molecular flexibility index (Phi) is 5.59. The fourth-order valence-electron chi connectivity index (χ4n) is 2.89. The van der Waals surface area contributed by atoms with E-state index in [0.29, 0.717) is 0 Å². The lowest BCUT2D eigenvalue weighted by Gasteiger charge is -2.35. The molecule has 0 saturated carbocycles. The summed E-state index contributed by atoms with van der Waals surface area (Å²) >= 11 is 0. The largest absolute Gasteiger partial charge is 0.394 e. The molecule has 0 spiro atoms. The van der Waals surface area contributed by atoms with Gasteiger partial charge in [-0.25, -0.2) is 0 Å². The third kappa shape index (κ3) is 4.21. The molecule has 3 rings (SSSR count). The Hall–Kier alpha value is -2.65. The molecular formula is C21H22N2O. The van der Waals surface area contributed by atoms with Crippen molar-refractivity contribution in [3.8, 4) is 0 Å². The molecule has 3 nitrogen and oxygen atoms in total. The molecule has 3 heteroatoms. The van der Waals surface area contributed by atoms with Crippen molar-refractivity contribution < 1.29 is 5.11 Å². The highest BCUT2D eigenvalue weighted by molar-refractivity contribution is 5.49. The van der Waals surface area contributed by atoms with E-state index in [0.717, 1.165) is 12.0 Å². The van der Waals surface area contributed by atoms with Gasteiger partial charge in [0, 0.05) is 18.6 Å². The van der Waals surface area contributed by atoms with Crippen molar-refractivity contribution in [3.05, 3.63) is 96.5 Å². The first-order chi connectivity index (χ1) is 11.9. The average molecular weight is 318 g/mol.